The van der Waals surface area contributed by atoms with E-state index in [0.717, 1.165) is 50.7 Å². The van der Waals surface area contributed by atoms with Gasteiger partial charge in [0.25, 0.3) is 0 Å². The molecule has 0 saturated heterocycles. The number of hydrogen-bond donors (Lipinski definition) is 2. The predicted molar refractivity (Wildman–Crippen MR) is 146 cm³/mol. The topological polar surface area (TPSA) is 40.5 Å². The van der Waals surface area contributed by atoms with Crippen molar-refractivity contribution in [2.75, 3.05) is 0 Å². The van der Waals surface area contributed by atoms with Crippen molar-refractivity contribution in [1.29, 1.82) is 0 Å². The molecule has 0 fully saturated rings. The molecular formula is C26H14Br4O2. The van der Waals surface area contributed by atoms with Crippen molar-refractivity contribution in [1.82, 2.24) is 0 Å². The summed E-state index contributed by atoms with van der Waals surface area (Å²) in [4.78, 5) is 0. The van der Waals surface area contributed by atoms with Gasteiger partial charge in [0.1, 0.15) is 0 Å². The Hall–Kier alpha value is -1.86. The zero-order valence-corrected chi connectivity index (χ0v) is 22.7. The molecule has 5 aromatic carbocycles. The fraction of sp³-hybridized carbons (Fsp3) is 0. The first-order valence-electron chi connectivity index (χ1n) is 9.65. The molecule has 0 heterocycles. The van der Waals surface area contributed by atoms with Crippen LogP contribution in [-0.2, 0) is 0 Å². The van der Waals surface area contributed by atoms with Crippen LogP contribution >= 0.6 is 63.7 Å². The number of fused-ring (bicyclic) bond motifs is 2. The van der Waals surface area contributed by atoms with Gasteiger partial charge >= 0.3 is 0 Å². The van der Waals surface area contributed by atoms with Crippen LogP contribution in [0.3, 0.4) is 0 Å². The Morgan fingerprint density at radius 3 is 1.41 bits per heavy atom. The minimum Gasteiger partial charge on any atom is -0.504 e. The third-order valence-corrected chi connectivity index (χ3v) is 7.26. The molecule has 0 aliphatic heterocycles. The summed E-state index contributed by atoms with van der Waals surface area (Å²) in [6, 6.07) is 23.8. The van der Waals surface area contributed by atoms with Gasteiger partial charge in [0, 0.05) is 34.4 Å². The maximum absolute atomic E-state index is 11.3. The fourth-order valence-electron chi connectivity index (χ4n) is 4.12. The molecule has 0 amide bonds. The lowest BCUT2D eigenvalue weighted by Gasteiger charge is -2.19. The highest BCUT2D eigenvalue weighted by molar-refractivity contribution is 9.11. The second-order valence-corrected chi connectivity index (χ2v) is 11.2. The monoisotopic (exact) mass is 674 g/mol. The number of phenolic OH excluding ortho intramolecular Hbond substituents is 2. The molecule has 0 saturated carbocycles. The normalized spacial score (nSPS) is 11.4. The van der Waals surface area contributed by atoms with Crippen LogP contribution in [0.5, 0.6) is 11.5 Å². The van der Waals surface area contributed by atoms with E-state index in [0.29, 0.717) is 10.9 Å². The largest absolute Gasteiger partial charge is 0.504 e. The Kier molecular flexibility index (Phi) is 5.82. The number of hydrogen-bond acceptors (Lipinski definition) is 2. The molecule has 6 heteroatoms. The highest BCUT2D eigenvalue weighted by Gasteiger charge is 2.23. The van der Waals surface area contributed by atoms with Gasteiger partial charge in [-0.2, -0.15) is 0 Å². The van der Waals surface area contributed by atoms with Gasteiger partial charge in [-0.1, -0.05) is 88.0 Å². The standard InChI is InChI=1S/C26H14Br4O2/c27-17-5-15(6-18(28)11-17)23-21-9-13-3-1-2-4-14(13)10-22(21)25(31)26(32)24(23)16-7-19(29)12-20(30)8-16/h1-12,31-32H. The Balaban J connectivity index is 2.02. The molecule has 0 bridgehead atoms. The average molecular weight is 678 g/mol. The molecule has 0 aliphatic carbocycles. The minimum atomic E-state index is -0.149. The summed E-state index contributed by atoms with van der Waals surface area (Å²) in [6.07, 6.45) is 0. The molecule has 0 unspecified atom stereocenters. The minimum absolute atomic E-state index is 0.130. The van der Waals surface area contributed by atoms with E-state index in [4.69, 9.17) is 0 Å². The summed E-state index contributed by atoms with van der Waals surface area (Å²) >= 11 is 14.3. The average Bonchev–Trinajstić information content (AvgIpc) is 2.73. The van der Waals surface area contributed by atoms with Crippen LogP contribution in [0.25, 0.3) is 43.8 Å². The molecule has 5 rings (SSSR count). The summed E-state index contributed by atoms with van der Waals surface area (Å²) < 4.78 is 3.54. The summed E-state index contributed by atoms with van der Waals surface area (Å²) in [6.45, 7) is 0. The van der Waals surface area contributed by atoms with Crippen LogP contribution in [0.1, 0.15) is 0 Å². The fourth-order valence-corrected chi connectivity index (χ4v) is 6.71. The van der Waals surface area contributed by atoms with Crippen molar-refractivity contribution in [3.05, 3.63) is 90.7 Å². The molecule has 32 heavy (non-hydrogen) atoms. The molecule has 2 nitrogen and oxygen atoms in total. The van der Waals surface area contributed by atoms with Crippen LogP contribution in [-0.4, -0.2) is 10.2 Å². The third-order valence-electron chi connectivity index (χ3n) is 5.42. The lowest BCUT2D eigenvalue weighted by Crippen LogP contribution is -1.92. The predicted octanol–water partition coefficient (Wildman–Crippen LogP) is 9.79. The molecule has 0 atom stereocenters. The lowest BCUT2D eigenvalue weighted by atomic mass is 9.87. The SMILES string of the molecule is Oc1c(-c2cc(Br)cc(Br)c2)c(-c2cc(Br)cc(Br)c2)c2cc3ccccc3cc2c1O. The summed E-state index contributed by atoms with van der Waals surface area (Å²) in [5.74, 6) is -0.279. The van der Waals surface area contributed by atoms with Gasteiger partial charge in [-0.05, 0) is 75.8 Å². The van der Waals surface area contributed by atoms with Gasteiger partial charge in [-0.25, -0.2) is 0 Å². The number of aromatic hydroxyl groups is 2. The number of halogens is 4. The number of phenols is 2. The zero-order valence-electron chi connectivity index (χ0n) is 16.3. The molecule has 0 aliphatic rings. The highest BCUT2D eigenvalue weighted by Crippen LogP contribution is 2.51. The van der Waals surface area contributed by atoms with Crippen LogP contribution in [0.2, 0.25) is 0 Å². The first-order chi connectivity index (χ1) is 15.3. The summed E-state index contributed by atoms with van der Waals surface area (Å²) in [5, 5.41) is 25.9. The van der Waals surface area contributed by atoms with Gasteiger partial charge in [0.05, 0.1) is 0 Å². The van der Waals surface area contributed by atoms with Crippen LogP contribution in [0.4, 0.5) is 0 Å². The second kappa shape index (κ2) is 8.49. The van der Waals surface area contributed by atoms with Crippen molar-refractivity contribution in [3.63, 3.8) is 0 Å². The molecule has 158 valence electrons. The van der Waals surface area contributed by atoms with E-state index >= 15 is 0 Å². The molecular weight excluding hydrogens is 664 g/mol. The van der Waals surface area contributed by atoms with Gasteiger partial charge in [-0.15, -0.1) is 0 Å². The smallest absolute Gasteiger partial charge is 0.166 e. The molecule has 0 radical (unpaired) electrons. The van der Waals surface area contributed by atoms with Crippen molar-refractivity contribution in [3.8, 4) is 33.8 Å². The van der Waals surface area contributed by atoms with E-state index < -0.39 is 0 Å². The van der Waals surface area contributed by atoms with E-state index in [-0.39, 0.29) is 11.5 Å². The molecule has 2 N–H and O–H groups in total. The van der Waals surface area contributed by atoms with Gasteiger partial charge in [0.15, 0.2) is 11.5 Å². The van der Waals surface area contributed by atoms with Gasteiger partial charge < -0.3 is 10.2 Å². The van der Waals surface area contributed by atoms with Crippen LogP contribution in [0, 0.1) is 0 Å². The van der Waals surface area contributed by atoms with Gasteiger partial charge in [-0.3, -0.25) is 0 Å². The van der Waals surface area contributed by atoms with Crippen LogP contribution < -0.4 is 0 Å². The second-order valence-electron chi connectivity index (χ2n) is 7.51. The molecule has 0 aromatic heterocycles. The first-order valence-corrected chi connectivity index (χ1v) is 12.8. The Morgan fingerprint density at radius 2 is 0.906 bits per heavy atom. The molecule has 5 aromatic rings. The number of benzene rings is 5. The van der Waals surface area contributed by atoms with E-state index in [1.165, 1.54) is 0 Å². The van der Waals surface area contributed by atoms with Gasteiger partial charge in [0.2, 0.25) is 0 Å². The first kappa shape index (κ1) is 22.0. The van der Waals surface area contributed by atoms with E-state index in [1.807, 2.05) is 60.7 Å². The lowest BCUT2D eigenvalue weighted by molar-refractivity contribution is 0.410. The van der Waals surface area contributed by atoms with E-state index in [9.17, 15) is 10.2 Å². The van der Waals surface area contributed by atoms with E-state index in [2.05, 4.69) is 75.9 Å². The highest BCUT2D eigenvalue weighted by atomic mass is 79.9. The Morgan fingerprint density at radius 1 is 0.469 bits per heavy atom. The summed E-state index contributed by atoms with van der Waals surface area (Å²) in [5.41, 5.74) is 3.10. The van der Waals surface area contributed by atoms with Crippen molar-refractivity contribution in [2.24, 2.45) is 0 Å². The van der Waals surface area contributed by atoms with Crippen molar-refractivity contribution >= 4 is 85.3 Å². The molecule has 0 spiro atoms. The zero-order chi connectivity index (χ0) is 22.6. The number of rotatable bonds is 2. The van der Waals surface area contributed by atoms with E-state index in [1.54, 1.807) is 0 Å². The maximum Gasteiger partial charge on any atom is 0.166 e. The van der Waals surface area contributed by atoms with Crippen molar-refractivity contribution < 1.29 is 10.2 Å². The Labute approximate surface area is 218 Å². The Bertz CT molecular complexity index is 1500. The van der Waals surface area contributed by atoms with Crippen LogP contribution in [0.15, 0.2) is 90.7 Å². The third kappa shape index (κ3) is 3.87. The maximum atomic E-state index is 11.3. The van der Waals surface area contributed by atoms with Crippen molar-refractivity contribution in [2.45, 2.75) is 0 Å². The summed E-state index contributed by atoms with van der Waals surface area (Å²) in [7, 11) is 0. The quantitative estimate of drug-likeness (QED) is 0.144.